The minimum Gasteiger partial charge on any atom is -0.371 e. The molecular weight excluding hydrogens is 220 g/mol. The lowest BCUT2D eigenvalue weighted by molar-refractivity contribution is 0.640. The summed E-state index contributed by atoms with van der Waals surface area (Å²) in [5.41, 5.74) is 2.84. The molecule has 0 aromatic heterocycles. The number of nitrogens with zero attached hydrogens (tertiary/aromatic N) is 1. The lowest BCUT2D eigenvalue weighted by Crippen LogP contribution is -2.30. The van der Waals surface area contributed by atoms with E-state index < -0.39 is 0 Å². The molecule has 2 heteroatoms. The number of rotatable bonds is 6. The number of nitrogens with one attached hydrogen (secondary N) is 1. The van der Waals surface area contributed by atoms with Crippen LogP contribution in [0, 0.1) is 0 Å². The van der Waals surface area contributed by atoms with Crippen molar-refractivity contribution in [1.82, 2.24) is 5.32 Å². The second kappa shape index (κ2) is 6.79. The van der Waals surface area contributed by atoms with Crippen LogP contribution in [0.5, 0.6) is 0 Å². The van der Waals surface area contributed by atoms with Crippen molar-refractivity contribution in [3.05, 3.63) is 29.8 Å². The van der Waals surface area contributed by atoms with Gasteiger partial charge < -0.3 is 10.2 Å². The van der Waals surface area contributed by atoms with E-state index in [0.717, 1.165) is 19.1 Å². The first-order chi connectivity index (χ1) is 8.83. The van der Waals surface area contributed by atoms with Crippen LogP contribution < -0.4 is 10.2 Å². The minimum absolute atomic E-state index is 0.748. The summed E-state index contributed by atoms with van der Waals surface area (Å²) in [5, 5.41) is 3.51. The molecule has 0 saturated heterocycles. The Bertz CT molecular complexity index is 356. The summed E-state index contributed by atoms with van der Waals surface area (Å²) < 4.78 is 0. The van der Waals surface area contributed by atoms with Crippen LogP contribution in [-0.4, -0.2) is 19.6 Å². The van der Waals surface area contributed by atoms with Gasteiger partial charge in [-0.25, -0.2) is 0 Å². The Morgan fingerprint density at radius 3 is 2.67 bits per heavy atom. The largest absolute Gasteiger partial charge is 0.371 e. The van der Waals surface area contributed by atoms with Gasteiger partial charge in [-0.3, -0.25) is 0 Å². The molecule has 2 rings (SSSR count). The van der Waals surface area contributed by atoms with Gasteiger partial charge in [0.1, 0.15) is 0 Å². The quantitative estimate of drug-likeness (QED) is 0.772. The van der Waals surface area contributed by atoms with Gasteiger partial charge in [0, 0.05) is 25.3 Å². The fourth-order valence-corrected chi connectivity index (χ4v) is 2.89. The van der Waals surface area contributed by atoms with Crippen LogP contribution >= 0.6 is 0 Å². The number of anilines is 1. The highest BCUT2D eigenvalue weighted by Gasteiger charge is 2.21. The number of benzene rings is 1. The summed E-state index contributed by atoms with van der Waals surface area (Å²) in [5.74, 6) is 0. The summed E-state index contributed by atoms with van der Waals surface area (Å²) in [4.78, 5) is 2.50. The molecule has 18 heavy (non-hydrogen) atoms. The molecule has 0 amide bonds. The molecule has 1 N–H and O–H groups in total. The van der Waals surface area contributed by atoms with Crippen molar-refractivity contribution in [2.45, 2.75) is 51.6 Å². The Morgan fingerprint density at radius 2 is 1.94 bits per heavy atom. The zero-order chi connectivity index (χ0) is 12.8. The first-order valence-electron chi connectivity index (χ1n) is 7.34. The van der Waals surface area contributed by atoms with E-state index in [1.165, 1.54) is 43.4 Å². The van der Waals surface area contributed by atoms with E-state index in [0.29, 0.717) is 0 Å². The molecule has 0 spiro atoms. The Morgan fingerprint density at radius 1 is 1.22 bits per heavy atom. The van der Waals surface area contributed by atoms with E-state index in [1.54, 1.807) is 0 Å². The molecular formula is C16H26N2. The fourth-order valence-electron chi connectivity index (χ4n) is 2.89. The van der Waals surface area contributed by atoms with Gasteiger partial charge in [0.25, 0.3) is 0 Å². The highest BCUT2D eigenvalue weighted by atomic mass is 15.1. The molecule has 1 fully saturated rings. The molecule has 1 aromatic carbocycles. The smallest absolute Gasteiger partial charge is 0.0411 e. The Balaban J connectivity index is 2.05. The van der Waals surface area contributed by atoms with Gasteiger partial charge in [-0.05, 0) is 37.4 Å². The van der Waals surface area contributed by atoms with E-state index in [9.17, 15) is 0 Å². The van der Waals surface area contributed by atoms with Crippen LogP contribution in [0.2, 0.25) is 0 Å². The van der Waals surface area contributed by atoms with Crippen molar-refractivity contribution < 1.29 is 0 Å². The number of para-hydroxylation sites is 1. The topological polar surface area (TPSA) is 15.3 Å². The van der Waals surface area contributed by atoms with Crippen molar-refractivity contribution >= 4 is 5.69 Å². The maximum absolute atomic E-state index is 3.51. The molecule has 0 bridgehead atoms. The zero-order valence-corrected chi connectivity index (χ0v) is 11.8. The van der Waals surface area contributed by atoms with Crippen molar-refractivity contribution in [2.75, 3.05) is 18.5 Å². The predicted molar refractivity (Wildman–Crippen MR) is 79.1 cm³/mol. The highest BCUT2D eigenvalue weighted by molar-refractivity contribution is 5.54. The molecule has 1 saturated carbocycles. The summed E-state index contributed by atoms with van der Waals surface area (Å²) >= 11 is 0. The molecule has 100 valence electrons. The van der Waals surface area contributed by atoms with Gasteiger partial charge in [-0.2, -0.15) is 0 Å². The Kier molecular flexibility index (Phi) is 5.06. The molecule has 0 atom stereocenters. The van der Waals surface area contributed by atoms with E-state index >= 15 is 0 Å². The van der Waals surface area contributed by atoms with Crippen LogP contribution in [0.4, 0.5) is 5.69 Å². The predicted octanol–water partition coefficient (Wildman–Crippen LogP) is 3.57. The van der Waals surface area contributed by atoms with Gasteiger partial charge >= 0.3 is 0 Å². The molecule has 1 aromatic rings. The van der Waals surface area contributed by atoms with Crippen molar-refractivity contribution in [3.8, 4) is 0 Å². The molecule has 1 aliphatic carbocycles. The van der Waals surface area contributed by atoms with Gasteiger partial charge in [0.05, 0.1) is 0 Å². The lowest BCUT2D eigenvalue weighted by atomic mass is 10.1. The maximum Gasteiger partial charge on any atom is 0.0411 e. The third-order valence-corrected chi connectivity index (χ3v) is 3.99. The van der Waals surface area contributed by atoms with Crippen LogP contribution in [0.1, 0.15) is 44.6 Å². The van der Waals surface area contributed by atoms with Crippen LogP contribution in [0.15, 0.2) is 24.3 Å². The molecule has 0 heterocycles. The first-order valence-corrected chi connectivity index (χ1v) is 7.34. The standard InChI is InChI=1S/C16H26N2/c1-3-12-17-13-14-8-4-7-11-16(14)18(2)15-9-5-6-10-15/h4,7-8,11,15,17H,3,5-6,9-10,12-13H2,1-2H3. The maximum atomic E-state index is 3.51. The molecule has 0 aliphatic heterocycles. The number of hydrogen-bond acceptors (Lipinski definition) is 2. The van der Waals surface area contributed by atoms with Crippen molar-refractivity contribution in [3.63, 3.8) is 0 Å². The second-order valence-corrected chi connectivity index (χ2v) is 5.35. The lowest BCUT2D eigenvalue weighted by Gasteiger charge is -2.28. The normalized spacial score (nSPS) is 16.1. The van der Waals surface area contributed by atoms with Gasteiger partial charge in [-0.15, -0.1) is 0 Å². The van der Waals surface area contributed by atoms with Crippen LogP contribution in [0.25, 0.3) is 0 Å². The molecule has 0 unspecified atom stereocenters. The van der Waals surface area contributed by atoms with Crippen molar-refractivity contribution in [2.24, 2.45) is 0 Å². The highest BCUT2D eigenvalue weighted by Crippen LogP contribution is 2.29. The van der Waals surface area contributed by atoms with Crippen LogP contribution in [-0.2, 0) is 6.54 Å². The van der Waals surface area contributed by atoms with Crippen LogP contribution in [0.3, 0.4) is 0 Å². The Hall–Kier alpha value is -1.02. The van der Waals surface area contributed by atoms with Gasteiger partial charge in [-0.1, -0.05) is 38.0 Å². The van der Waals surface area contributed by atoms with E-state index in [2.05, 4.69) is 48.5 Å². The van der Waals surface area contributed by atoms with Crippen molar-refractivity contribution in [1.29, 1.82) is 0 Å². The summed E-state index contributed by atoms with van der Waals surface area (Å²) in [6, 6.07) is 9.57. The minimum atomic E-state index is 0.748. The third-order valence-electron chi connectivity index (χ3n) is 3.99. The Labute approximate surface area is 111 Å². The summed E-state index contributed by atoms with van der Waals surface area (Å²) in [6.45, 7) is 4.30. The zero-order valence-electron chi connectivity index (χ0n) is 11.8. The number of hydrogen-bond donors (Lipinski definition) is 1. The molecule has 0 radical (unpaired) electrons. The van der Waals surface area contributed by atoms with Gasteiger partial charge in [0.15, 0.2) is 0 Å². The third kappa shape index (κ3) is 3.26. The van der Waals surface area contributed by atoms with E-state index in [-0.39, 0.29) is 0 Å². The first kappa shape index (κ1) is 13.4. The summed E-state index contributed by atoms with van der Waals surface area (Å²) in [6.07, 6.45) is 6.69. The van der Waals surface area contributed by atoms with E-state index in [1.807, 2.05) is 0 Å². The van der Waals surface area contributed by atoms with E-state index in [4.69, 9.17) is 0 Å². The second-order valence-electron chi connectivity index (χ2n) is 5.35. The average molecular weight is 246 g/mol. The van der Waals surface area contributed by atoms with Gasteiger partial charge in [0.2, 0.25) is 0 Å². The molecule has 2 nitrogen and oxygen atoms in total. The monoisotopic (exact) mass is 246 g/mol. The fraction of sp³-hybridized carbons (Fsp3) is 0.625. The molecule has 1 aliphatic rings. The average Bonchev–Trinajstić information content (AvgIpc) is 2.93. The SMILES string of the molecule is CCCNCc1ccccc1N(C)C1CCCC1. The summed E-state index contributed by atoms with van der Waals surface area (Å²) in [7, 11) is 2.26.